The van der Waals surface area contributed by atoms with Gasteiger partial charge in [-0.25, -0.2) is 0 Å². The highest BCUT2D eigenvalue weighted by atomic mass is 16.2. The van der Waals surface area contributed by atoms with Crippen molar-refractivity contribution in [1.29, 1.82) is 0 Å². The van der Waals surface area contributed by atoms with Crippen molar-refractivity contribution in [3.63, 3.8) is 0 Å². The number of carbonyl (C=O) groups is 1. The lowest BCUT2D eigenvalue weighted by atomic mass is 9.96. The molecule has 6 heteroatoms. The maximum Gasteiger partial charge on any atom is 0.230 e. The number of para-hydroxylation sites is 1. The molecule has 1 amide bonds. The van der Waals surface area contributed by atoms with Crippen LogP contribution in [0.1, 0.15) is 20.8 Å². The van der Waals surface area contributed by atoms with Crippen LogP contribution in [0, 0.1) is 5.41 Å². The maximum atomic E-state index is 12.0. The van der Waals surface area contributed by atoms with Crippen molar-refractivity contribution in [2.45, 2.75) is 20.8 Å². The molecule has 0 fully saturated rings. The van der Waals surface area contributed by atoms with E-state index in [1.165, 1.54) is 0 Å². The van der Waals surface area contributed by atoms with Crippen LogP contribution in [0.2, 0.25) is 0 Å². The van der Waals surface area contributed by atoms with Crippen molar-refractivity contribution in [3.8, 4) is 0 Å². The molecule has 0 aliphatic heterocycles. The third-order valence-electron chi connectivity index (χ3n) is 3.48. The Balaban J connectivity index is 1.78. The quantitative estimate of drug-likeness (QED) is 0.768. The molecule has 0 spiro atoms. The molecule has 2 aromatic heterocycles. The minimum atomic E-state index is -0.479. The van der Waals surface area contributed by atoms with Gasteiger partial charge in [-0.2, -0.15) is 0 Å². The summed E-state index contributed by atoms with van der Waals surface area (Å²) in [6.45, 7) is 5.54. The molecule has 1 aromatic carbocycles. The number of anilines is 3. The van der Waals surface area contributed by atoms with E-state index in [1.54, 1.807) is 18.3 Å². The average molecular weight is 321 g/mol. The van der Waals surface area contributed by atoms with E-state index in [9.17, 15) is 4.79 Å². The Labute approximate surface area is 140 Å². The fourth-order valence-electron chi connectivity index (χ4n) is 2.11. The molecular weight excluding hydrogens is 302 g/mol. The molecule has 0 bridgehead atoms. The van der Waals surface area contributed by atoms with Crippen LogP contribution >= 0.6 is 0 Å². The lowest BCUT2D eigenvalue weighted by molar-refractivity contribution is -0.123. The summed E-state index contributed by atoms with van der Waals surface area (Å²) in [5.41, 5.74) is 1.24. The molecule has 24 heavy (non-hydrogen) atoms. The Morgan fingerprint density at radius 1 is 0.958 bits per heavy atom. The first-order valence-corrected chi connectivity index (χ1v) is 7.69. The van der Waals surface area contributed by atoms with E-state index >= 15 is 0 Å². The normalized spacial score (nSPS) is 11.3. The van der Waals surface area contributed by atoms with Gasteiger partial charge in [0, 0.05) is 17.0 Å². The van der Waals surface area contributed by atoms with Crippen molar-refractivity contribution >= 4 is 34.1 Å². The zero-order valence-electron chi connectivity index (χ0n) is 13.9. The number of rotatable bonds is 3. The SMILES string of the molecule is CC(C)(C)C(=O)Nc1ccc(Nc2cccc3cccnc23)nn1. The van der Waals surface area contributed by atoms with E-state index in [-0.39, 0.29) is 5.91 Å². The van der Waals surface area contributed by atoms with Gasteiger partial charge in [-0.3, -0.25) is 9.78 Å². The van der Waals surface area contributed by atoms with Gasteiger partial charge in [0.2, 0.25) is 5.91 Å². The van der Waals surface area contributed by atoms with Gasteiger partial charge in [-0.05, 0) is 24.3 Å². The number of amides is 1. The Morgan fingerprint density at radius 3 is 2.38 bits per heavy atom. The number of benzene rings is 1. The molecule has 3 rings (SSSR count). The molecule has 0 aliphatic rings. The fraction of sp³-hybridized carbons (Fsp3) is 0.222. The highest BCUT2D eigenvalue weighted by Crippen LogP contribution is 2.24. The molecule has 0 atom stereocenters. The second-order valence-corrected chi connectivity index (χ2v) is 6.51. The largest absolute Gasteiger partial charge is 0.337 e. The minimum Gasteiger partial charge on any atom is -0.337 e. The summed E-state index contributed by atoms with van der Waals surface area (Å²) >= 11 is 0. The fourth-order valence-corrected chi connectivity index (χ4v) is 2.11. The summed E-state index contributed by atoms with van der Waals surface area (Å²) < 4.78 is 0. The zero-order chi connectivity index (χ0) is 17.2. The van der Waals surface area contributed by atoms with Crippen LogP contribution in [-0.4, -0.2) is 21.1 Å². The lowest BCUT2D eigenvalue weighted by Crippen LogP contribution is -2.28. The maximum absolute atomic E-state index is 12.0. The summed E-state index contributed by atoms with van der Waals surface area (Å²) in [5.74, 6) is 0.911. The number of aromatic nitrogens is 3. The molecular formula is C18H19N5O. The van der Waals surface area contributed by atoms with Crippen LogP contribution in [0.3, 0.4) is 0 Å². The monoisotopic (exact) mass is 321 g/mol. The summed E-state index contributed by atoms with van der Waals surface area (Å²) in [4.78, 5) is 16.3. The average Bonchev–Trinajstić information content (AvgIpc) is 2.56. The van der Waals surface area contributed by atoms with Gasteiger partial charge in [0.1, 0.15) is 0 Å². The molecule has 122 valence electrons. The van der Waals surface area contributed by atoms with E-state index in [4.69, 9.17) is 0 Å². The van der Waals surface area contributed by atoms with Crippen LogP contribution in [0.4, 0.5) is 17.3 Å². The number of fused-ring (bicyclic) bond motifs is 1. The first-order chi connectivity index (χ1) is 11.4. The van der Waals surface area contributed by atoms with Crippen molar-refractivity contribution in [2.75, 3.05) is 10.6 Å². The number of hydrogen-bond donors (Lipinski definition) is 2. The van der Waals surface area contributed by atoms with Gasteiger partial charge < -0.3 is 10.6 Å². The summed E-state index contributed by atoms with van der Waals surface area (Å²) in [7, 11) is 0. The Hall–Kier alpha value is -3.02. The lowest BCUT2D eigenvalue weighted by Gasteiger charge is -2.16. The van der Waals surface area contributed by atoms with Crippen molar-refractivity contribution in [3.05, 3.63) is 48.7 Å². The molecule has 0 aliphatic carbocycles. The second kappa shape index (κ2) is 6.23. The zero-order valence-corrected chi connectivity index (χ0v) is 13.9. The summed E-state index contributed by atoms with van der Waals surface area (Å²) in [5, 5.41) is 15.2. The molecule has 3 aromatic rings. The van der Waals surface area contributed by atoms with Gasteiger partial charge in [-0.1, -0.05) is 39.0 Å². The van der Waals surface area contributed by atoms with E-state index in [0.717, 1.165) is 16.6 Å². The van der Waals surface area contributed by atoms with Crippen molar-refractivity contribution in [2.24, 2.45) is 5.41 Å². The van der Waals surface area contributed by atoms with Crippen LogP contribution in [-0.2, 0) is 4.79 Å². The van der Waals surface area contributed by atoms with Gasteiger partial charge in [-0.15, -0.1) is 10.2 Å². The predicted octanol–water partition coefficient (Wildman–Crippen LogP) is 3.75. The number of nitrogens with zero attached hydrogens (tertiary/aromatic N) is 3. The summed E-state index contributed by atoms with van der Waals surface area (Å²) in [6, 6.07) is 13.3. The van der Waals surface area contributed by atoms with E-state index in [0.29, 0.717) is 11.6 Å². The van der Waals surface area contributed by atoms with Gasteiger partial charge >= 0.3 is 0 Å². The first-order valence-electron chi connectivity index (χ1n) is 7.69. The Kier molecular flexibility index (Phi) is 4.12. The first kappa shape index (κ1) is 15.9. The smallest absolute Gasteiger partial charge is 0.230 e. The van der Waals surface area contributed by atoms with Crippen LogP contribution in [0.15, 0.2) is 48.7 Å². The number of pyridine rings is 1. The standard InChI is InChI=1S/C18H19N5O/c1-18(2,3)17(24)21-15-10-9-14(22-23-15)20-13-8-4-6-12-7-5-11-19-16(12)13/h4-11H,1-3H3,(H,20,22)(H,21,23,24). The predicted molar refractivity (Wildman–Crippen MR) is 95.1 cm³/mol. The Morgan fingerprint density at radius 2 is 1.67 bits per heavy atom. The molecule has 0 unspecified atom stereocenters. The van der Waals surface area contributed by atoms with Crippen LogP contribution < -0.4 is 10.6 Å². The van der Waals surface area contributed by atoms with Gasteiger partial charge in [0.15, 0.2) is 11.6 Å². The second-order valence-electron chi connectivity index (χ2n) is 6.51. The molecule has 6 nitrogen and oxygen atoms in total. The topological polar surface area (TPSA) is 79.8 Å². The summed E-state index contributed by atoms with van der Waals surface area (Å²) in [6.07, 6.45) is 1.75. The van der Waals surface area contributed by atoms with Crippen molar-refractivity contribution < 1.29 is 4.79 Å². The Bertz CT molecular complexity index is 863. The van der Waals surface area contributed by atoms with Crippen LogP contribution in [0.25, 0.3) is 10.9 Å². The number of hydrogen-bond acceptors (Lipinski definition) is 5. The third kappa shape index (κ3) is 3.48. The minimum absolute atomic E-state index is 0.101. The highest BCUT2D eigenvalue weighted by molar-refractivity contribution is 5.94. The molecule has 2 heterocycles. The molecule has 0 saturated heterocycles. The van der Waals surface area contributed by atoms with E-state index < -0.39 is 5.41 Å². The van der Waals surface area contributed by atoms with Gasteiger partial charge in [0.05, 0.1) is 11.2 Å². The van der Waals surface area contributed by atoms with Gasteiger partial charge in [0.25, 0.3) is 0 Å². The highest BCUT2D eigenvalue weighted by Gasteiger charge is 2.21. The third-order valence-corrected chi connectivity index (χ3v) is 3.48. The van der Waals surface area contributed by atoms with Crippen molar-refractivity contribution in [1.82, 2.24) is 15.2 Å². The van der Waals surface area contributed by atoms with E-state index in [2.05, 4.69) is 25.8 Å². The molecule has 0 radical (unpaired) electrons. The number of nitrogens with one attached hydrogen (secondary N) is 2. The molecule has 2 N–H and O–H groups in total. The number of carbonyl (C=O) groups excluding carboxylic acids is 1. The molecule has 0 saturated carbocycles. The van der Waals surface area contributed by atoms with Crippen LogP contribution in [0.5, 0.6) is 0 Å². The van der Waals surface area contributed by atoms with E-state index in [1.807, 2.05) is 51.1 Å².